The van der Waals surface area contributed by atoms with Crippen molar-refractivity contribution < 1.29 is 17.9 Å². The molecule has 0 aromatic heterocycles. The van der Waals surface area contributed by atoms with E-state index >= 15 is 0 Å². The van der Waals surface area contributed by atoms with Crippen LogP contribution in [0, 0.1) is 0 Å². The molecule has 1 aromatic carbocycles. The summed E-state index contributed by atoms with van der Waals surface area (Å²) in [7, 11) is 0.624. The summed E-state index contributed by atoms with van der Waals surface area (Å²) >= 11 is 0. The van der Waals surface area contributed by atoms with E-state index in [0.29, 0.717) is 12.3 Å². The van der Waals surface area contributed by atoms with Gasteiger partial charge in [0, 0.05) is 12.6 Å². The first-order chi connectivity index (χ1) is 9.43. The van der Waals surface area contributed by atoms with Gasteiger partial charge in [0.2, 0.25) is 16.8 Å². The molecule has 112 valence electrons. The third-order valence-electron chi connectivity index (χ3n) is 3.28. The summed E-state index contributed by atoms with van der Waals surface area (Å²) < 4.78 is 36.4. The lowest BCUT2D eigenvalue weighted by Crippen LogP contribution is -2.35. The van der Waals surface area contributed by atoms with Crippen LogP contribution in [0.15, 0.2) is 18.2 Å². The molecule has 1 aliphatic heterocycles. The third-order valence-corrected chi connectivity index (χ3v) is 4.65. The highest BCUT2D eigenvalue weighted by molar-refractivity contribution is 7.89. The summed E-state index contributed by atoms with van der Waals surface area (Å²) in [4.78, 5) is 1.97. The largest absolute Gasteiger partial charge is 0.454 e. The van der Waals surface area contributed by atoms with Crippen molar-refractivity contribution in [3.63, 3.8) is 0 Å². The highest BCUT2D eigenvalue weighted by Gasteiger charge is 2.21. The van der Waals surface area contributed by atoms with E-state index in [0.717, 1.165) is 11.3 Å². The van der Waals surface area contributed by atoms with Crippen molar-refractivity contribution in [1.29, 1.82) is 0 Å². The zero-order valence-electron chi connectivity index (χ0n) is 11.9. The zero-order chi connectivity index (χ0) is 14.8. The predicted molar refractivity (Wildman–Crippen MR) is 76.5 cm³/mol. The maximum absolute atomic E-state index is 11.6. The van der Waals surface area contributed by atoms with Crippen LogP contribution in [-0.4, -0.2) is 46.5 Å². The normalized spacial score (nSPS) is 15.6. The van der Waals surface area contributed by atoms with Gasteiger partial charge in [-0.1, -0.05) is 6.07 Å². The molecule has 1 aliphatic rings. The molecule has 0 bridgehead atoms. The number of likely N-dealkylation sites (N-methyl/N-ethyl adjacent to an activating group) is 1. The fourth-order valence-electron chi connectivity index (χ4n) is 2.03. The second-order valence-electron chi connectivity index (χ2n) is 4.84. The van der Waals surface area contributed by atoms with Gasteiger partial charge in [0.1, 0.15) is 0 Å². The molecule has 2 rings (SSSR count). The van der Waals surface area contributed by atoms with Gasteiger partial charge < -0.3 is 14.4 Å². The molecule has 0 unspecified atom stereocenters. The van der Waals surface area contributed by atoms with Gasteiger partial charge in [-0.25, -0.2) is 13.1 Å². The predicted octanol–water partition coefficient (Wildman–Crippen LogP) is 0.957. The minimum atomic E-state index is -3.20. The molecule has 0 aliphatic carbocycles. The van der Waals surface area contributed by atoms with Crippen molar-refractivity contribution in [3.8, 4) is 11.5 Å². The Labute approximate surface area is 119 Å². The van der Waals surface area contributed by atoms with E-state index in [1.807, 2.05) is 37.2 Å². The fraction of sp³-hybridized carbons (Fsp3) is 0.538. The van der Waals surface area contributed by atoms with Crippen LogP contribution in [0.2, 0.25) is 0 Å². The first-order valence-electron chi connectivity index (χ1n) is 6.46. The maximum Gasteiger partial charge on any atom is 0.231 e. The second-order valence-corrected chi connectivity index (χ2v) is 6.94. The molecule has 20 heavy (non-hydrogen) atoms. The topological polar surface area (TPSA) is 67.9 Å². The molecule has 0 fully saturated rings. The summed E-state index contributed by atoms with van der Waals surface area (Å²) in [5.41, 5.74) is 0.984. The summed E-state index contributed by atoms with van der Waals surface area (Å²) in [6.45, 7) is 2.17. The molecule has 0 saturated carbocycles. The van der Waals surface area contributed by atoms with Crippen molar-refractivity contribution in [1.82, 2.24) is 9.62 Å². The average Bonchev–Trinajstić information content (AvgIpc) is 2.86. The van der Waals surface area contributed by atoms with Crippen LogP contribution >= 0.6 is 0 Å². The number of rotatable bonds is 6. The Morgan fingerprint density at radius 2 is 2.00 bits per heavy atom. The van der Waals surface area contributed by atoms with E-state index in [1.165, 1.54) is 0 Å². The summed E-state index contributed by atoms with van der Waals surface area (Å²) in [5, 5.41) is 0. The van der Waals surface area contributed by atoms with Gasteiger partial charge in [0.05, 0.1) is 5.75 Å². The Hall–Kier alpha value is -1.31. The Kier molecular flexibility index (Phi) is 4.52. The molecule has 0 amide bonds. The number of hydrogen-bond donors (Lipinski definition) is 1. The Morgan fingerprint density at radius 3 is 2.65 bits per heavy atom. The van der Waals surface area contributed by atoms with Crippen LogP contribution < -0.4 is 14.2 Å². The van der Waals surface area contributed by atoms with Crippen LogP contribution in [0.5, 0.6) is 11.5 Å². The molecule has 1 heterocycles. The van der Waals surface area contributed by atoms with Crippen molar-refractivity contribution in [2.24, 2.45) is 0 Å². The number of nitrogens with zero attached hydrogens (tertiary/aromatic N) is 1. The first kappa shape index (κ1) is 15.1. The van der Waals surface area contributed by atoms with Crippen LogP contribution in [-0.2, 0) is 10.0 Å². The van der Waals surface area contributed by atoms with E-state index in [4.69, 9.17) is 9.47 Å². The molecule has 1 atom stereocenters. The number of benzene rings is 1. The standard InChI is InChI=1S/C13H20N2O4S/c1-4-20(16,17)14-8-11(15(2)3)10-5-6-12-13(7-10)19-9-18-12/h5-7,11,14H,4,8-9H2,1-3H3/t11-/m1/s1. The van der Waals surface area contributed by atoms with Crippen LogP contribution in [0.4, 0.5) is 0 Å². The summed E-state index contributed by atoms with van der Waals surface area (Å²) in [6, 6.07) is 5.61. The van der Waals surface area contributed by atoms with Crippen molar-refractivity contribution in [3.05, 3.63) is 23.8 Å². The van der Waals surface area contributed by atoms with Gasteiger partial charge in [-0.3, -0.25) is 0 Å². The van der Waals surface area contributed by atoms with Gasteiger partial charge in [-0.15, -0.1) is 0 Å². The van der Waals surface area contributed by atoms with Crippen molar-refractivity contribution in [2.75, 3.05) is 33.2 Å². The van der Waals surface area contributed by atoms with Gasteiger partial charge in [0.15, 0.2) is 11.5 Å². The van der Waals surface area contributed by atoms with E-state index in [-0.39, 0.29) is 18.6 Å². The summed E-state index contributed by atoms with van der Waals surface area (Å²) in [5.74, 6) is 1.50. The Bertz CT molecular complexity index is 572. The number of nitrogens with one attached hydrogen (secondary N) is 1. The van der Waals surface area contributed by atoms with Crippen LogP contribution in [0.1, 0.15) is 18.5 Å². The fourth-order valence-corrected chi connectivity index (χ4v) is 2.64. The highest BCUT2D eigenvalue weighted by Crippen LogP contribution is 2.34. The number of hydrogen-bond acceptors (Lipinski definition) is 5. The molecular formula is C13H20N2O4S. The number of fused-ring (bicyclic) bond motifs is 1. The zero-order valence-corrected chi connectivity index (χ0v) is 12.7. The third kappa shape index (κ3) is 3.41. The number of ether oxygens (including phenoxy) is 2. The molecular weight excluding hydrogens is 280 g/mol. The second kappa shape index (κ2) is 5.99. The summed E-state index contributed by atoms with van der Waals surface area (Å²) in [6.07, 6.45) is 0. The first-order valence-corrected chi connectivity index (χ1v) is 8.11. The van der Waals surface area contributed by atoms with E-state index < -0.39 is 10.0 Å². The lowest BCUT2D eigenvalue weighted by atomic mass is 10.1. The molecule has 1 N–H and O–H groups in total. The molecule has 0 radical (unpaired) electrons. The minimum Gasteiger partial charge on any atom is -0.454 e. The SMILES string of the molecule is CCS(=O)(=O)NC[C@H](c1ccc2c(c1)OCO2)N(C)C. The monoisotopic (exact) mass is 300 g/mol. The maximum atomic E-state index is 11.6. The van der Waals surface area contributed by atoms with Gasteiger partial charge in [-0.05, 0) is 38.7 Å². The molecule has 0 spiro atoms. The van der Waals surface area contributed by atoms with Gasteiger partial charge >= 0.3 is 0 Å². The van der Waals surface area contributed by atoms with Gasteiger partial charge in [-0.2, -0.15) is 0 Å². The lowest BCUT2D eigenvalue weighted by molar-refractivity contribution is 0.174. The quantitative estimate of drug-likeness (QED) is 0.847. The van der Waals surface area contributed by atoms with Crippen LogP contribution in [0.25, 0.3) is 0 Å². The van der Waals surface area contributed by atoms with Crippen molar-refractivity contribution >= 4 is 10.0 Å². The smallest absolute Gasteiger partial charge is 0.231 e. The van der Waals surface area contributed by atoms with E-state index in [1.54, 1.807) is 6.92 Å². The van der Waals surface area contributed by atoms with E-state index in [9.17, 15) is 8.42 Å². The minimum absolute atomic E-state index is 0.0641. The molecule has 1 aromatic rings. The van der Waals surface area contributed by atoms with Crippen molar-refractivity contribution in [2.45, 2.75) is 13.0 Å². The molecule has 7 heteroatoms. The number of sulfonamides is 1. The molecule has 0 saturated heterocycles. The average molecular weight is 300 g/mol. The highest BCUT2D eigenvalue weighted by atomic mass is 32.2. The van der Waals surface area contributed by atoms with Crippen LogP contribution in [0.3, 0.4) is 0 Å². The van der Waals surface area contributed by atoms with Gasteiger partial charge in [0.25, 0.3) is 0 Å². The Balaban J connectivity index is 2.16. The van der Waals surface area contributed by atoms with E-state index in [2.05, 4.69) is 4.72 Å². The molecule has 6 nitrogen and oxygen atoms in total. The Morgan fingerprint density at radius 1 is 1.30 bits per heavy atom. The lowest BCUT2D eigenvalue weighted by Gasteiger charge is -2.25.